The molecule has 2 aromatic carbocycles. The van der Waals surface area contributed by atoms with E-state index in [0.717, 1.165) is 0 Å². The van der Waals surface area contributed by atoms with Crippen molar-refractivity contribution in [1.29, 1.82) is 0 Å². The molecule has 0 spiro atoms. The first kappa shape index (κ1) is 14.9. The van der Waals surface area contributed by atoms with Crippen molar-refractivity contribution < 1.29 is 23.0 Å². The Morgan fingerprint density at radius 2 is 1.78 bits per heavy atom. The Morgan fingerprint density at radius 3 is 2.48 bits per heavy atom. The van der Waals surface area contributed by atoms with Crippen LogP contribution in [0.5, 0.6) is 5.75 Å². The number of esters is 1. The average Bonchev–Trinajstić information content (AvgIpc) is 2.89. The van der Waals surface area contributed by atoms with Crippen LogP contribution in [0.3, 0.4) is 0 Å². The van der Waals surface area contributed by atoms with Gasteiger partial charge in [-0.25, -0.2) is 18.6 Å². The molecule has 0 atom stereocenters. The van der Waals surface area contributed by atoms with Gasteiger partial charge in [-0.3, -0.25) is 0 Å². The van der Waals surface area contributed by atoms with Crippen LogP contribution in [0.2, 0.25) is 0 Å². The van der Waals surface area contributed by atoms with Crippen molar-refractivity contribution in [3.8, 4) is 5.75 Å². The van der Waals surface area contributed by atoms with E-state index in [-0.39, 0.29) is 11.6 Å². The van der Waals surface area contributed by atoms with Crippen LogP contribution in [0.1, 0.15) is 11.1 Å². The van der Waals surface area contributed by atoms with E-state index in [4.69, 9.17) is 9.47 Å². The number of methoxy groups -OCH3 is 1. The molecule has 2 aromatic rings. The molecule has 0 N–H and O–H groups in total. The molecule has 4 nitrogen and oxygen atoms in total. The third-order valence-electron chi connectivity index (χ3n) is 3.20. The highest BCUT2D eigenvalue weighted by Crippen LogP contribution is 2.25. The highest BCUT2D eigenvalue weighted by atomic mass is 19.1. The van der Waals surface area contributed by atoms with Gasteiger partial charge in [-0.2, -0.15) is 0 Å². The lowest BCUT2D eigenvalue weighted by Gasteiger charge is -2.04. The van der Waals surface area contributed by atoms with E-state index in [1.807, 2.05) is 0 Å². The number of benzene rings is 2. The van der Waals surface area contributed by atoms with Gasteiger partial charge in [-0.05, 0) is 48.5 Å². The van der Waals surface area contributed by atoms with Crippen LogP contribution < -0.4 is 4.74 Å². The number of carbonyl (C=O) groups excluding carboxylic acids is 1. The Kier molecular flexibility index (Phi) is 3.89. The number of rotatable bonds is 3. The SMILES string of the molecule is COc1ccc(F)cc1/C=C1/N=C(c2ccc(F)cc2)OC1=O. The fourth-order valence-corrected chi connectivity index (χ4v) is 2.09. The monoisotopic (exact) mass is 315 g/mol. The lowest BCUT2D eigenvalue weighted by Crippen LogP contribution is -2.05. The zero-order valence-electron chi connectivity index (χ0n) is 12.0. The minimum absolute atomic E-state index is 0.00762. The van der Waals surface area contributed by atoms with Crippen LogP contribution >= 0.6 is 0 Å². The van der Waals surface area contributed by atoms with Gasteiger partial charge in [-0.1, -0.05) is 0 Å². The van der Waals surface area contributed by atoms with Crippen molar-refractivity contribution in [1.82, 2.24) is 0 Å². The van der Waals surface area contributed by atoms with Crippen LogP contribution in [-0.4, -0.2) is 19.0 Å². The molecule has 0 aliphatic carbocycles. The first-order chi connectivity index (χ1) is 11.1. The second-order valence-electron chi connectivity index (χ2n) is 4.73. The first-order valence-corrected chi connectivity index (χ1v) is 6.69. The second kappa shape index (κ2) is 6.00. The summed E-state index contributed by atoms with van der Waals surface area (Å²) in [6.45, 7) is 0. The summed E-state index contributed by atoms with van der Waals surface area (Å²) in [5.41, 5.74) is 0.839. The molecule has 23 heavy (non-hydrogen) atoms. The lowest BCUT2D eigenvalue weighted by molar-refractivity contribution is -0.129. The molecule has 0 amide bonds. The maximum atomic E-state index is 13.4. The largest absolute Gasteiger partial charge is 0.496 e. The number of hydrogen-bond acceptors (Lipinski definition) is 4. The van der Waals surface area contributed by atoms with Crippen molar-refractivity contribution in [2.45, 2.75) is 0 Å². The van der Waals surface area contributed by atoms with Crippen molar-refractivity contribution in [3.05, 3.63) is 70.9 Å². The Bertz CT molecular complexity index is 826. The maximum absolute atomic E-state index is 13.4. The van der Waals surface area contributed by atoms with E-state index in [0.29, 0.717) is 16.9 Å². The van der Waals surface area contributed by atoms with E-state index in [2.05, 4.69) is 4.99 Å². The molecule has 1 aliphatic heterocycles. The van der Waals surface area contributed by atoms with Crippen molar-refractivity contribution in [3.63, 3.8) is 0 Å². The highest BCUT2D eigenvalue weighted by Gasteiger charge is 2.24. The molecule has 0 aromatic heterocycles. The van der Waals surface area contributed by atoms with E-state index in [9.17, 15) is 13.6 Å². The summed E-state index contributed by atoms with van der Waals surface area (Å²) in [4.78, 5) is 16.0. The third-order valence-corrected chi connectivity index (χ3v) is 3.20. The Morgan fingerprint density at radius 1 is 1.09 bits per heavy atom. The predicted octanol–water partition coefficient (Wildman–Crippen LogP) is 3.32. The molecule has 0 unspecified atom stereocenters. The molecule has 116 valence electrons. The molecule has 1 aliphatic rings. The highest BCUT2D eigenvalue weighted by molar-refractivity contribution is 6.12. The van der Waals surface area contributed by atoms with Gasteiger partial charge < -0.3 is 9.47 Å². The van der Waals surface area contributed by atoms with Crippen LogP contribution in [0.4, 0.5) is 8.78 Å². The van der Waals surface area contributed by atoms with E-state index >= 15 is 0 Å². The Balaban J connectivity index is 1.98. The number of aliphatic imine (C=N–C) groups is 1. The lowest BCUT2D eigenvalue weighted by atomic mass is 10.1. The van der Waals surface area contributed by atoms with Gasteiger partial charge in [0.05, 0.1) is 7.11 Å². The molecule has 0 fully saturated rings. The molecule has 0 saturated carbocycles. The molecule has 1 heterocycles. The number of hydrogen-bond donors (Lipinski definition) is 0. The minimum Gasteiger partial charge on any atom is -0.496 e. The van der Waals surface area contributed by atoms with E-state index in [1.54, 1.807) is 0 Å². The average molecular weight is 315 g/mol. The normalized spacial score (nSPS) is 15.5. The number of ether oxygens (including phenoxy) is 2. The second-order valence-corrected chi connectivity index (χ2v) is 4.73. The van der Waals surface area contributed by atoms with Gasteiger partial charge in [0.25, 0.3) is 0 Å². The smallest absolute Gasteiger partial charge is 0.363 e. The van der Waals surface area contributed by atoms with Gasteiger partial charge in [-0.15, -0.1) is 0 Å². The maximum Gasteiger partial charge on any atom is 0.363 e. The van der Waals surface area contributed by atoms with Crippen molar-refractivity contribution in [2.75, 3.05) is 7.11 Å². The molecular formula is C17H11F2NO3. The van der Waals surface area contributed by atoms with Gasteiger partial charge in [0.15, 0.2) is 5.70 Å². The summed E-state index contributed by atoms with van der Waals surface area (Å²) in [5, 5.41) is 0. The molecular weight excluding hydrogens is 304 g/mol. The van der Waals surface area contributed by atoms with Gasteiger partial charge >= 0.3 is 5.97 Å². The molecule has 6 heteroatoms. The summed E-state index contributed by atoms with van der Waals surface area (Å²) in [5.74, 6) is -1.07. The van der Waals surface area contributed by atoms with Crippen LogP contribution in [0.25, 0.3) is 6.08 Å². The topological polar surface area (TPSA) is 47.9 Å². The van der Waals surface area contributed by atoms with Gasteiger partial charge in [0, 0.05) is 11.1 Å². The predicted molar refractivity (Wildman–Crippen MR) is 80.0 cm³/mol. The zero-order valence-corrected chi connectivity index (χ0v) is 12.0. The summed E-state index contributed by atoms with van der Waals surface area (Å²) in [6.07, 6.45) is 1.38. The van der Waals surface area contributed by atoms with Crippen LogP contribution in [-0.2, 0) is 9.53 Å². The fraction of sp³-hybridized carbons (Fsp3) is 0.0588. The number of nitrogens with zero attached hydrogens (tertiary/aromatic N) is 1. The van der Waals surface area contributed by atoms with Crippen LogP contribution in [0, 0.1) is 11.6 Å². The molecule has 0 saturated heterocycles. The summed E-state index contributed by atoms with van der Waals surface area (Å²) >= 11 is 0. The summed E-state index contributed by atoms with van der Waals surface area (Å²) in [6, 6.07) is 9.31. The summed E-state index contributed by atoms with van der Waals surface area (Å²) < 4.78 is 36.5. The summed E-state index contributed by atoms with van der Waals surface area (Å²) in [7, 11) is 1.44. The standard InChI is InChI=1S/C17H11F2NO3/c1-22-15-7-6-13(19)8-11(15)9-14-17(21)23-16(20-14)10-2-4-12(18)5-3-10/h2-9H,1H3/b14-9+. The molecule has 3 rings (SSSR count). The first-order valence-electron chi connectivity index (χ1n) is 6.69. The zero-order chi connectivity index (χ0) is 16.4. The Hall–Kier alpha value is -3.02. The Labute approximate surface area is 130 Å². The van der Waals surface area contributed by atoms with Crippen LogP contribution in [0.15, 0.2) is 53.2 Å². The van der Waals surface area contributed by atoms with E-state index in [1.165, 1.54) is 55.7 Å². The van der Waals surface area contributed by atoms with E-state index < -0.39 is 17.6 Å². The van der Waals surface area contributed by atoms with Crippen molar-refractivity contribution in [2.24, 2.45) is 4.99 Å². The number of cyclic esters (lactones) is 1. The quantitative estimate of drug-likeness (QED) is 0.645. The number of halogens is 2. The minimum atomic E-state index is -0.671. The number of carbonyl (C=O) groups is 1. The molecule has 0 bridgehead atoms. The van der Waals surface area contributed by atoms with Crippen molar-refractivity contribution >= 4 is 17.9 Å². The molecule has 0 radical (unpaired) electrons. The van der Waals surface area contributed by atoms with Gasteiger partial charge in [0.2, 0.25) is 5.90 Å². The van der Waals surface area contributed by atoms with Gasteiger partial charge in [0.1, 0.15) is 17.4 Å². The fourth-order valence-electron chi connectivity index (χ4n) is 2.09. The third kappa shape index (κ3) is 3.11.